The summed E-state index contributed by atoms with van der Waals surface area (Å²) < 4.78 is 3.22. The van der Waals surface area contributed by atoms with E-state index in [0.29, 0.717) is 18.6 Å². The third-order valence-corrected chi connectivity index (χ3v) is 6.26. The van der Waals surface area contributed by atoms with Gasteiger partial charge in [-0.2, -0.15) is 5.10 Å². The minimum atomic E-state index is -0.485. The Balaban J connectivity index is 1.48. The van der Waals surface area contributed by atoms with Crippen LogP contribution < -0.4 is 10.5 Å². The third kappa shape index (κ3) is 3.17. The third-order valence-electron chi connectivity index (χ3n) is 6.26. The molecule has 3 heterocycles. The predicted molar refractivity (Wildman–Crippen MR) is 122 cm³/mol. The van der Waals surface area contributed by atoms with E-state index in [4.69, 9.17) is 0 Å². The Morgan fingerprint density at radius 3 is 2.35 bits per heavy atom. The number of anilines is 1. The Bertz CT molecular complexity index is 1320. The first-order valence-corrected chi connectivity index (χ1v) is 10.6. The summed E-state index contributed by atoms with van der Waals surface area (Å²) in [6.45, 7) is 4.80. The molecule has 0 bridgehead atoms. The normalized spacial score (nSPS) is 15.5. The number of hydrogen-bond acceptors (Lipinski definition) is 4. The fourth-order valence-electron chi connectivity index (χ4n) is 4.59. The lowest BCUT2D eigenvalue weighted by Crippen LogP contribution is -2.50. The zero-order valence-corrected chi connectivity index (χ0v) is 17.7. The highest BCUT2D eigenvalue weighted by atomic mass is 16.2. The quantitative estimate of drug-likeness (QED) is 0.516. The molecule has 2 aromatic carbocycles. The Hall–Kier alpha value is -3.61. The van der Waals surface area contributed by atoms with Crippen LogP contribution in [0.2, 0.25) is 0 Å². The van der Waals surface area contributed by atoms with Gasteiger partial charge in [0.2, 0.25) is 5.91 Å². The Labute approximate surface area is 180 Å². The van der Waals surface area contributed by atoms with Crippen LogP contribution in [0, 0.1) is 0 Å². The van der Waals surface area contributed by atoms with E-state index < -0.39 is 6.04 Å². The summed E-state index contributed by atoms with van der Waals surface area (Å²) in [7, 11) is 1.64. The second-order valence-electron chi connectivity index (χ2n) is 8.05. The fraction of sp³-hybridized carbons (Fsp3) is 0.292. The number of carbonyl (C=O) groups excluding carboxylic acids is 1. The van der Waals surface area contributed by atoms with Gasteiger partial charge in [0.25, 0.3) is 5.56 Å². The maximum atomic E-state index is 13.5. The first-order valence-electron chi connectivity index (χ1n) is 10.6. The number of benzene rings is 2. The number of nitrogens with zero attached hydrogens (tertiary/aromatic N) is 5. The lowest BCUT2D eigenvalue weighted by atomic mass is 10.2. The molecule has 0 unspecified atom stereocenters. The molecule has 1 atom stereocenters. The van der Waals surface area contributed by atoms with E-state index in [1.807, 2.05) is 58.9 Å². The predicted octanol–water partition coefficient (Wildman–Crippen LogP) is 2.80. The van der Waals surface area contributed by atoms with E-state index >= 15 is 0 Å². The van der Waals surface area contributed by atoms with Gasteiger partial charge in [0.05, 0.1) is 11.7 Å². The van der Waals surface area contributed by atoms with Gasteiger partial charge in [-0.3, -0.25) is 9.59 Å². The molecule has 1 fully saturated rings. The molecule has 4 aromatic rings. The van der Waals surface area contributed by atoms with Crippen molar-refractivity contribution in [3.8, 4) is 0 Å². The molecule has 1 amide bonds. The highest BCUT2D eigenvalue weighted by Crippen LogP contribution is 2.30. The average Bonchev–Trinajstić information content (AvgIpc) is 3.16. The molecule has 0 radical (unpaired) electrons. The number of carbonyl (C=O) groups is 1. The van der Waals surface area contributed by atoms with E-state index in [1.165, 1.54) is 10.4 Å². The molecule has 0 aliphatic carbocycles. The second kappa shape index (κ2) is 7.58. The van der Waals surface area contributed by atoms with E-state index in [9.17, 15) is 9.59 Å². The van der Waals surface area contributed by atoms with Crippen LogP contribution in [0.3, 0.4) is 0 Å². The zero-order valence-electron chi connectivity index (χ0n) is 17.7. The average molecular weight is 415 g/mol. The van der Waals surface area contributed by atoms with Crippen LogP contribution in [0.1, 0.15) is 13.0 Å². The van der Waals surface area contributed by atoms with Crippen molar-refractivity contribution in [2.24, 2.45) is 7.05 Å². The van der Waals surface area contributed by atoms with E-state index in [-0.39, 0.29) is 11.5 Å². The largest absolute Gasteiger partial charge is 0.368 e. The minimum Gasteiger partial charge on any atom is -0.368 e. The SMILES string of the molecule is C[C@H](C(=O)N1CCN(c2ccccc2)CC1)n1c2ccccc2c2cnn(C)c(=O)c21. The smallest absolute Gasteiger partial charge is 0.291 e. The monoisotopic (exact) mass is 415 g/mol. The van der Waals surface area contributed by atoms with Gasteiger partial charge >= 0.3 is 0 Å². The summed E-state index contributed by atoms with van der Waals surface area (Å²) in [5.41, 5.74) is 2.40. The molecule has 2 aromatic heterocycles. The molecule has 1 aliphatic rings. The summed E-state index contributed by atoms with van der Waals surface area (Å²) >= 11 is 0. The van der Waals surface area contributed by atoms with Gasteiger partial charge in [-0.25, -0.2) is 4.68 Å². The van der Waals surface area contributed by atoms with Crippen molar-refractivity contribution in [2.75, 3.05) is 31.1 Å². The molecule has 5 rings (SSSR count). The number of fused-ring (bicyclic) bond motifs is 3. The maximum Gasteiger partial charge on any atom is 0.291 e. The fourth-order valence-corrected chi connectivity index (χ4v) is 4.59. The number of aromatic nitrogens is 3. The van der Waals surface area contributed by atoms with Crippen LogP contribution in [0.25, 0.3) is 21.8 Å². The van der Waals surface area contributed by atoms with Gasteiger partial charge in [0.15, 0.2) is 0 Å². The lowest BCUT2D eigenvalue weighted by Gasteiger charge is -2.37. The van der Waals surface area contributed by atoms with Gasteiger partial charge in [-0.15, -0.1) is 0 Å². The molecule has 1 aliphatic heterocycles. The van der Waals surface area contributed by atoms with E-state index in [0.717, 1.165) is 29.4 Å². The zero-order chi connectivity index (χ0) is 21.5. The number of hydrogen-bond donors (Lipinski definition) is 0. The summed E-state index contributed by atoms with van der Waals surface area (Å²) in [6.07, 6.45) is 1.71. The molecule has 0 spiro atoms. The molecular weight excluding hydrogens is 390 g/mol. The maximum absolute atomic E-state index is 13.5. The molecule has 0 saturated carbocycles. The number of amides is 1. The van der Waals surface area contributed by atoms with Crippen molar-refractivity contribution >= 4 is 33.4 Å². The van der Waals surface area contributed by atoms with Gasteiger partial charge in [0.1, 0.15) is 11.6 Å². The van der Waals surface area contributed by atoms with Crippen molar-refractivity contribution in [1.29, 1.82) is 0 Å². The summed E-state index contributed by atoms with van der Waals surface area (Å²) in [5.74, 6) is 0.0363. The van der Waals surface area contributed by atoms with Gasteiger partial charge < -0.3 is 14.4 Å². The van der Waals surface area contributed by atoms with Crippen molar-refractivity contribution in [1.82, 2.24) is 19.2 Å². The first kappa shape index (κ1) is 19.4. The van der Waals surface area contributed by atoms with E-state index in [1.54, 1.807) is 13.2 Å². The van der Waals surface area contributed by atoms with Crippen molar-refractivity contribution < 1.29 is 4.79 Å². The minimum absolute atomic E-state index is 0.0363. The molecule has 0 N–H and O–H groups in total. The number of aryl methyl sites for hydroxylation is 1. The summed E-state index contributed by atoms with van der Waals surface area (Å²) in [4.78, 5) is 30.7. The molecule has 7 nitrogen and oxygen atoms in total. The number of rotatable bonds is 3. The first-order chi connectivity index (χ1) is 15.1. The number of piperazine rings is 1. The molecule has 31 heavy (non-hydrogen) atoms. The van der Waals surface area contributed by atoms with Gasteiger partial charge in [-0.1, -0.05) is 36.4 Å². The highest BCUT2D eigenvalue weighted by Gasteiger charge is 2.29. The lowest BCUT2D eigenvalue weighted by molar-refractivity contribution is -0.134. The van der Waals surface area contributed by atoms with Crippen LogP contribution in [0.15, 0.2) is 65.6 Å². The van der Waals surface area contributed by atoms with Gasteiger partial charge in [-0.05, 0) is 25.1 Å². The van der Waals surface area contributed by atoms with Crippen LogP contribution >= 0.6 is 0 Å². The van der Waals surface area contributed by atoms with Gasteiger partial charge in [0, 0.05) is 49.7 Å². The van der Waals surface area contributed by atoms with Crippen LogP contribution in [0.5, 0.6) is 0 Å². The second-order valence-corrected chi connectivity index (χ2v) is 8.05. The molecular formula is C24H25N5O2. The standard InChI is InChI=1S/C24H25N5O2/c1-17(23(30)28-14-12-27(13-15-28)18-8-4-3-5-9-18)29-21-11-7-6-10-19(21)20-16-25-26(2)24(31)22(20)29/h3-11,16-17H,12-15H2,1-2H3/t17-/m1/s1. The highest BCUT2D eigenvalue weighted by molar-refractivity contribution is 6.08. The molecule has 158 valence electrons. The van der Waals surface area contributed by atoms with Crippen LogP contribution in [0.4, 0.5) is 5.69 Å². The van der Waals surface area contributed by atoms with Crippen LogP contribution in [-0.2, 0) is 11.8 Å². The topological polar surface area (TPSA) is 63.4 Å². The molecule has 1 saturated heterocycles. The van der Waals surface area contributed by atoms with Crippen LogP contribution in [-0.4, -0.2) is 51.3 Å². The van der Waals surface area contributed by atoms with Crippen molar-refractivity contribution in [2.45, 2.75) is 13.0 Å². The van der Waals surface area contributed by atoms with Crippen molar-refractivity contribution in [3.63, 3.8) is 0 Å². The Morgan fingerprint density at radius 1 is 0.935 bits per heavy atom. The Morgan fingerprint density at radius 2 is 1.61 bits per heavy atom. The number of para-hydroxylation sites is 2. The molecule has 7 heteroatoms. The Kier molecular flexibility index (Phi) is 4.73. The van der Waals surface area contributed by atoms with Crippen molar-refractivity contribution in [3.05, 3.63) is 71.1 Å². The van der Waals surface area contributed by atoms with E-state index in [2.05, 4.69) is 22.1 Å². The summed E-state index contributed by atoms with van der Waals surface area (Å²) in [5, 5.41) is 5.92. The summed E-state index contributed by atoms with van der Waals surface area (Å²) in [6, 6.07) is 17.6.